The average Bonchev–Trinajstić information content (AvgIpc) is 2.42. The summed E-state index contributed by atoms with van der Waals surface area (Å²) in [5, 5.41) is 0. The first-order valence-electron chi connectivity index (χ1n) is 6.33. The first kappa shape index (κ1) is 13.3. The number of ether oxygens (including phenoxy) is 2. The summed E-state index contributed by atoms with van der Waals surface area (Å²) in [7, 11) is 0. The number of hydrogen-bond donors (Lipinski definition) is 1. The van der Waals surface area contributed by atoms with Gasteiger partial charge in [0.25, 0.3) is 5.56 Å². The van der Waals surface area contributed by atoms with Crippen LogP contribution in [0.25, 0.3) is 0 Å². The van der Waals surface area contributed by atoms with Gasteiger partial charge in [-0.1, -0.05) is 6.07 Å². The Kier molecular flexibility index (Phi) is 4.52. The first-order chi connectivity index (χ1) is 8.76. The zero-order chi connectivity index (χ0) is 12.8. The van der Waals surface area contributed by atoms with Crippen LogP contribution in [0.5, 0.6) is 0 Å². The number of hydrogen-bond acceptors (Lipinski definition) is 4. The summed E-state index contributed by atoms with van der Waals surface area (Å²) in [5.41, 5.74) is 5.40. The fourth-order valence-electron chi connectivity index (χ4n) is 2.17. The highest BCUT2D eigenvalue weighted by atomic mass is 16.5. The third-order valence-electron chi connectivity index (χ3n) is 3.30. The molecule has 1 aromatic heterocycles. The molecule has 2 heterocycles. The van der Waals surface area contributed by atoms with E-state index in [1.54, 1.807) is 22.9 Å². The van der Waals surface area contributed by atoms with Gasteiger partial charge in [-0.3, -0.25) is 4.79 Å². The Labute approximate surface area is 107 Å². The van der Waals surface area contributed by atoms with E-state index in [1.165, 1.54) is 0 Å². The van der Waals surface area contributed by atoms with Crippen molar-refractivity contribution in [1.82, 2.24) is 4.57 Å². The van der Waals surface area contributed by atoms with Crippen molar-refractivity contribution in [2.75, 3.05) is 26.4 Å². The van der Waals surface area contributed by atoms with Crippen molar-refractivity contribution in [1.29, 1.82) is 0 Å². The molecule has 0 spiro atoms. The van der Waals surface area contributed by atoms with Gasteiger partial charge in [-0.2, -0.15) is 0 Å². The number of aromatic nitrogens is 1. The molecule has 100 valence electrons. The van der Waals surface area contributed by atoms with Crippen LogP contribution in [-0.4, -0.2) is 36.5 Å². The van der Waals surface area contributed by atoms with Crippen molar-refractivity contribution >= 4 is 0 Å². The average molecular weight is 252 g/mol. The molecule has 1 atom stereocenters. The Hall–Kier alpha value is -1.17. The second-order valence-corrected chi connectivity index (χ2v) is 4.62. The van der Waals surface area contributed by atoms with E-state index < -0.39 is 0 Å². The summed E-state index contributed by atoms with van der Waals surface area (Å²) >= 11 is 0. The lowest BCUT2D eigenvalue weighted by Gasteiger charge is -2.35. The Morgan fingerprint density at radius 2 is 2.39 bits per heavy atom. The maximum atomic E-state index is 11.5. The molecular formula is C13H20N2O3. The zero-order valence-corrected chi connectivity index (χ0v) is 10.5. The monoisotopic (exact) mass is 252 g/mol. The van der Waals surface area contributed by atoms with Gasteiger partial charge in [0.15, 0.2) is 0 Å². The number of pyridine rings is 1. The second-order valence-electron chi connectivity index (χ2n) is 4.62. The van der Waals surface area contributed by atoms with Gasteiger partial charge < -0.3 is 19.8 Å². The Bertz CT molecular complexity index is 424. The molecule has 0 aliphatic carbocycles. The van der Waals surface area contributed by atoms with Crippen molar-refractivity contribution in [2.24, 2.45) is 5.73 Å². The molecule has 1 saturated heterocycles. The lowest BCUT2D eigenvalue weighted by atomic mass is 9.97. The van der Waals surface area contributed by atoms with Gasteiger partial charge in [0.1, 0.15) is 5.60 Å². The van der Waals surface area contributed by atoms with Crippen LogP contribution in [0.3, 0.4) is 0 Å². The molecule has 1 unspecified atom stereocenters. The fraction of sp³-hybridized carbons (Fsp3) is 0.615. The van der Waals surface area contributed by atoms with Gasteiger partial charge in [0.05, 0.1) is 13.2 Å². The van der Waals surface area contributed by atoms with Gasteiger partial charge in [-0.15, -0.1) is 0 Å². The molecule has 0 bridgehead atoms. The molecule has 1 aliphatic rings. The van der Waals surface area contributed by atoms with Crippen LogP contribution >= 0.6 is 0 Å². The maximum absolute atomic E-state index is 11.5. The van der Waals surface area contributed by atoms with E-state index in [9.17, 15) is 4.79 Å². The van der Waals surface area contributed by atoms with Crippen molar-refractivity contribution in [3.63, 3.8) is 0 Å². The highest BCUT2D eigenvalue weighted by molar-refractivity contribution is 4.93. The Balaban J connectivity index is 1.87. The number of nitrogens with zero attached hydrogens (tertiary/aromatic N) is 1. The van der Waals surface area contributed by atoms with E-state index in [2.05, 4.69) is 0 Å². The summed E-state index contributed by atoms with van der Waals surface area (Å²) in [6, 6.07) is 5.11. The number of nitrogens with two attached hydrogens (primary N) is 1. The molecule has 0 radical (unpaired) electrons. The summed E-state index contributed by atoms with van der Waals surface area (Å²) in [6.07, 6.45) is 3.66. The molecule has 5 heteroatoms. The normalized spacial score (nSPS) is 24.1. The molecule has 18 heavy (non-hydrogen) atoms. The lowest BCUT2D eigenvalue weighted by molar-refractivity contribution is -0.124. The van der Waals surface area contributed by atoms with E-state index in [0.29, 0.717) is 26.3 Å². The minimum atomic E-state index is -0.364. The van der Waals surface area contributed by atoms with Crippen molar-refractivity contribution < 1.29 is 9.47 Å². The fourth-order valence-corrected chi connectivity index (χ4v) is 2.17. The molecule has 5 nitrogen and oxygen atoms in total. The Morgan fingerprint density at radius 3 is 3.06 bits per heavy atom. The van der Waals surface area contributed by atoms with Crippen molar-refractivity contribution in [2.45, 2.75) is 25.0 Å². The molecule has 0 amide bonds. The van der Waals surface area contributed by atoms with Gasteiger partial charge in [0, 0.05) is 32.0 Å². The second kappa shape index (κ2) is 6.13. The van der Waals surface area contributed by atoms with Gasteiger partial charge in [-0.05, 0) is 18.9 Å². The van der Waals surface area contributed by atoms with E-state index in [4.69, 9.17) is 15.2 Å². The van der Waals surface area contributed by atoms with Crippen LogP contribution in [-0.2, 0) is 16.0 Å². The van der Waals surface area contributed by atoms with E-state index in [-0.39, 0.29) is 11.2 Å². The van der Waals surface area contributed by atoms with Crippen LogP contribution < -0.4 is 11.3 Å². The van der Waals surface area contributed by atoms with Gasteiger partial charge >= 0.3 is 0 Å². The minimum Gasteiger partial charge on any atom is -0.378 e. The van der Waals surface area contributed by atoms with Crippen LogP contribution in [0.15, 0.2) is 29.2 Å². The summed E-state index contributed by atoms with van der Waals surface area (Å²) in [4.78, 5) is 11.5. The third kappa shape index (κ3) is 3.19. The van der Waals surface area contributed by atoms with E-state index in [1.807, 2.05) is 6.07 Å². The highest BCUT2D eigenvalue weighted by Gasteiger charge is 2.32. The Morgan fingerprint density at radius 1 is 1.50 bits per heavy atom. The molecule has 1 fully saturated rings. The molecule has 0 saturated carbocycles. The van der Waals surface area contributed by atoms with Crippen LogP contribution in [0, 0.1) is 0 Å². The van der Waals surface area contributed by atoms with Crippen LogP contribution in [0.2, 0.25) is 0 Å². The largest absolute Gasteiger partial charge is 0.378 e. The SMILES string of the molecule is NCC1(OCCn2ccccc2=O)CCCOC1. The molecule has 2 N–H and O–H groups in total. The summed E-state index contributed by atoms with van der Waals surface area (Å²) in [6.45, 7) is 2.80. The summed E-state index contributed by atoms with van der Waals surface area (Å²) < 4.78 is 12.9. The van der Waals surface area contributed by atoms with Crippen LogP contribution in [0.1, 0.15) is 12.8 Å². The standard InChI is InChI=1S/C13H20N2O3/c14-10-13(5-3-8-17-11-13)18-9-7-15-6-2-1-4-12(15)16/h1-2,4,6H,3,5,7-11,14H2. The third-order valence-corrected chi connectivity index (χ3v) is 3.30. The van der Waals surface area contributed by atoms with Crippen molar-refractivity contribution in [3.8, 4) is 0 Å². The first-order valence-corrected chi connectivity index (χ1v) is 6.33. The summed E-state index contributed by atoms with van der Waals surface area (Å²) in [5.74, 6) is 0. The smallest absolute Gasteiger partial charge is 0.250 e. The van der Waals surface area contributed by atoms with Crippen LogP contribution in [0.4, 0.5) is 0 Å². The predicted molar refractivity (Wildman–Crippen MR) is 68.5 cm³/mol. The van der Waals surface area contributed by atoms with E-state index in [0.717, 1.165) is 19.4 Å². The lowest BCUT2D eigenvalue weighted by Crippen LogP contribution is -2.48. The number of rotatable bonds is 5. The zero-order valence-electron chi connectivity index (χ0n) is 10.5. The van der Waals surface area contributed by atoms with Crippen molar-refractivity contribution in [3.05, 3.63) is 34.7 Å². The van der Waals surface area contributed by atoms with Gasteiger partial charge in [-0.25, -0.2) is 0 Å². The van der Waals surface area contributed by atoms with E-state index >= 15 is 0 Å². The molecule has 1 aliphatic heterocycles. The molecule has 2 rings (SSSR count). The maximum Gasteiger partial charge on any atom is 0.250 e. The minimum absolute atomic E-state index is 0.0113. The van der Waals surface area contributed by atoms with Gasteiger partial charge in [0.2, 0.25) is 0 Å². The quantitative estimate of drug-likeness (QED) is 0.822. The molecule has 1 aromatic rings. The topological polar surface area (TPSA) is 66.5 Å². The molecular weight excluding hydrogens is 232 g/mol. The highest BCUT2D eigenvalue weighted by Crippen LogP contribution is 2.22. The predicted octanol–water partition coefficient (Wildman–Crippen LogP) is 0.373. The molecule has 0 aromatic carbocycles.